The minimum absolute atomic E-state index is 0.0192. The predicted octanol–water partition coefficient (Wildman–Crippen LogP) is 3.42. The van der Waals surface area contributed by atoms with E-state index < -0.39 is 5.97 Å². The van der Waals surface area contributed by atoms with Crippen molar-refractivity contribution in [2.24, 2.45) is 5.41 Å². The fourth-order valence-corrected chi connectivity index (χ4v) is 1.52. The van der Waals surface area contributed by atoms with E-state index in [1.165, 1.54) is 0 Å². The van der Waals surface area contributed by atoms with Crippen molar-refractivity contribution >= 4 is 17.7 Å². The summed E-state index contributed by atoms with van der Waals surface area (Å²) in [6, 6.07) is 6.40. The number of carbonyl (C=O) groups is 2. The van der Waals surface area contributed by atoms with Crippen molar-refractivity contribution < 1.29 is 14.3 Å². The minimum atomic E-state index is -0.399. The molecule has 1 atom stereocenters. The van der Waals surface area contributed by atoms with Crippen molar-refractivity contribution in [2.45, 2.75) is 40.7 Å². The third-order valence-electron chi connectivity index (χ3n) is 3.28. The highest BCUT2D eigenvalue weighted by Gasteiger charge is 2.21. The van der Waals surface area contributed by atoms with Gasteiger partial charge in [-0.25, -0.2) is 9.59 Å². The summed E-state index contributed by atoms with van der Waals surface area (Å²) in [6.07, 6.45) is 0. The second-order valence-corrected chi connectivity index (χ2v) is 5.99. The number of benzene rings is 1. The Labute approximate surface area is 126 Å². The zero-order chi connectivity index (χ0) is 16.0. The number of rotatable bonds is 4. The summed E-state index contributed by atoms with van der Waals surface area (Å²) >= 11 is 0. The quantitative estimate of drug-likeness (QED) is 0.836. The van der Waals surface area contributed by atoms with Crippen LogP contribution in [0.1, 0.15) is 45.0 Å². The van der Waals surface area contributed by atoms with Gasteiger partial charge in [0, 0.05) is 11.7 Å². The summed E-state index contributed by atoms with van der Waals surface area (Å²) < 4.78 is 4.93. The van der Waals surface area contributed by atoms with Gasteiger partial charge in [-0.05, 0) is 37.5 Å². The van der Waals surface area contributed by atoms with Gasteiger partial charge in [-0.1, -0.05) is 26.8 Å². The van der Waals surface area contributed by atoms with E-state index in [1.54, 1.807) is 31.2 Å². The molecular formula is C16H24N2O3. The van der Waals surface area contributed by atoms with Crippen LogP contribution in [-0.2, 0) is 4.74 Å². The molecule has 1 aromatic rings. The molecule has 0 saturated heterocycles. The fraction of sp³-hybridized carbons (Fsp3) is 0.500. The minimum Gasteiger partial charge on any atom is -0.462 e. The van der Waals surface area contributed by atoms with E-state index in [0.29, 0.717) is 17.9 Å². The Bertz CT molecular complexity index is 506. The van der Waals surface area contributed by atoms with E-state index in [2.05, 4.69) is 31.4 Å². The summed E-state index contributed by atoms with van der Waals surface area (Å²) in [5.74, 6) is -0.399. The first kappa shape index (κ1) is 17.0. The van der Waals surface area contributed by atoms with Gasteiger partial charge in [0.15, 0.2) is 0 Å². The topological polar surface area (TPSA) is 67.4 Å². The normalized spacial score (nSPS) is 12.4. The Hall–Kier alpha value is -2.04. The first-order chi connectivity index (χ1) is 9.74. The van der Waals surface area contributed by atoms with Gasteiger partial charge >= 0.3 is 12.0 Å². The van der Waals surface area contributed by atoms with Crippen LogP contribution in [0.2, 0.25) is 0 Å². The van der Waals surface area contributed by atoms with Crippen LogP contribution in [-0.4, -0.2) is 24.6 Å². The summed E-state index contributed by atoms with van der Waals surface area (Å²) in [5.41, 5.74) is 0.946. The number of urea groups is 1. The Morgan fingerprint density at radius 2 is 1.95 bits per heavy atom. The molecule has 0 heterocycles. The molecule has 1 unspecified atom stereocenters. The first-order valence-corrected chi connectivity index (χ1v) is 7.08. The van der Waals surface area contributed by atoms with Crippen molar-refractivity contribution in [3.63, 3.8) is 0 Å². The van der Waals surface area contributed by atoms with E-state index in [1.807, 2.05) is 6.92 Å². The molecule has 0 saturated carbocycles. The van der Waals surface area contributed by atoms with Crippen molar-refractivity contribution in [1.82, 2.24) is 5.32 Å². The standard InChI is InChI=1S/C16H24N2O3/c1-6-21-14(19)12-8-7-9-13(10-12)18-15(20)17-11(2)16(3,4)5/h7-11H,6H2,1-5H3,(H2,17,18,20). The number of ether oxygens (including phenoxy) is 1. The number of carbonyl (C=O) groups excluding carboxylic acids is 2. The molecule has 0 aromatic heterocycles. The van der Waals surface area contributed by atoms with Gasteiger partial charge in [0.2, 0.25) is 0 Å². The lowest BCUT2D eigenvalue weighted by molar-refractivity contribution is 0.0526. The lowest BCUT2D eigenvalue weighted by Gasteiger charge is -2.28. The summed E-state index contributed by atoms with van der Waals surface area (Å²) in [4.78, 5) is 23.6. The Kier molecular flexibility index (Phi) is 5.76. The maximum Gasteiger partial charge on any atom is 0.338 e. The number of esters is 1. The van der Waals surface area contributed by atoms with Crippen LogP contribution in [0.4, 0.5) is 10.5 Å². The largest absolute Gasteiger partial charge is 0.462 e. The molecule has 1 aromatic carbocycles. The number of hydrogen-bond acceptors (Lipinski definition) is 3. The fourth-order valence-electron chi connectivity index (χ4n) is 1.52. The van der Waals surface area contributed by atoms with Crippen molar-refractivity contribution in [1.29, 1.82) is 0 Å². The zero-order valence-corrected chi connectivity index (χ0v) is 13.3. The Morgan fingerprint density at radius 1 is 1.29 bits per heavy atom. The van der Waals surface area contributed by atoms with Crippen LogP contribution in [0.15, 0.2) is 24.3 Å². The van der Waals surface area contributed by atoms with Gasteiger partial charge in [-0.15, -0.1) is 0 Å². The molecule has 0 spiro atoms. The van der Waals surface area contributed by atoms with Gasteiger partial charge in [0.05, 0.1) is 12.2 Å². The zero-order valence-electron chi connectivity index (χ0n) is 13.3. The van der Waals surface area contributed by atoms with Crippen LogP contribution in [0, 0.1) is 5.41 Å². The van der Waals surface area contributed by atoms with Crippen molar-refractivity contribution in [3.05, 3.63) is 29.8 Å². The van der Waals surface area contributed by atoms with Crippen molar-refractivity contribution in [3.8, 4) is 0 Å². The van der Waals surface area contributed by atoms with Gasteiger partial charge in [-0.2, -0.15) is 0 Å². The molecule has 0 bridgehead atoms. The molecule has 0 aliphatic heterocycles. The first-order valence-electron chi connectivity index (χ1n) is 7.08. The second-order valence-electron chi connectivity index (χ2n) is 5.99. The number of nitrogens with one attached hydrogen (secondary N) is 2. The molecule has 21 heavy (non-hydrogen) atoms. The predicted molar refractivity (Wildman–Crippen MR) is 83.5 cm³/mol. The van der Waals surface area contributed by atoms with Gasteiger partial charge in [-0.3, -0.25) is 0 Å². The van der Waals surface area contributed by atoms with E-state index in [4.69, 9.17) is 4.74 Å². The lowest BCUT2D eigenvalue weighted by Crippen LogP contribution is -2.43. The maximum absolute atomic E-state index is 11.9. The van der Waals surface area contributed by atoms with Crippen molar-refractivity contribution in [2.75, 3.05) is 11.9 Å². The monoisotopic (exact) mass is 292 g/mol. The van der Waals surface area contributed by atoms with E-state index in [-0.39, 0.29) is 17.5 Å². The number of amides is 2. The second kappa shape index (κ2) is 7.11. The molecule has 1 rings (SSSR count). The third-order valence-corrected chi connectivity index (χ3v) is 3.28. The van der Waals surface area contributed by atoms with Gasteiger partial charge in [0.1, 0.15) is 0 Å². The molecule has 2 amide bonds. The number of anilines is 1. The van der Waals surface area contributed by atoms with Crippen LogP contribution in [0.5, 0.6) is 0 Å². The average Bonchev–Trinajstić information content (AvgIpc) is 2.38. The molecule has 0 aliphatic carbocycles. The molecule has 0 radical (unpaired) electrons. The highest BCUT2D eigenvalue weighted by Crippen LogP contribution is 2.18. The van der Waals surface area contributed by atoms with E-state index >= 15 is 0 Å². The van der Waals surface area contributed by atoms with Crippen LogP contribution >= 0.6 is 0 Å². The molecule has 5 nitrogen and oxygen atoms in total. The average molecular weight is 292 g/mol. The molecule has 5 heteroatoms. The van der Waals surface area contributed by atoms with E-state index in [0.717, 1.165) is 0 Å². The number of hydrogen-bond donors (Lipinski definition) is 2. The SMILES string of the molecule is CCOC(=O)c1cccc(NC(=O)NC(C)C(C)(C)C)c1. The molecule has 0 aliphatic rings. The summed E-state index contributed by atoms with van der Waals surface area (Å²) in [7, 11) is 0. The molecule has 0 fully saturated rings. The molecule has 116 valence electrons. The maximum atomic E-state index is 11.9. The van der Waals surface area contributed by atoms with Crippen LogP contribution in [0.25, 0.3) is 0 Å². The van der Waals surface area contributed by atoms with Crippen LogP contribution in [0.3, 0.4) is 0 Å². The Balaban J connectivity index is 2.69. The lowest BCUT2D eigenvalue weighted by atomic mass is 9.88. The van der Waals surface area contributed by atoms with Crippen LogP contribution < -0.4 is 10.6 Å². The highest BCUT2D eigenvalue weighted by atomic mass is 16.5. The molecular weight excluding hydrogens is 268 g/mol. The Morgan fingerprint density at radius 3 is 2.52 bits per heavy atom. The summed E-state index contributed by atoms with van der Waals surface area (Å²) in [5, 5.41) is 5.60. The summed E-state index contributed by atoms with van der Waals surface area (Å²) in [6.45, 7) is 10.2. The van der Waals surface area contributed by atoms with E-state index in [9.17, 15) is 9.59 Å². The highest BCUT2D eigenvalue weighted by molar-refractivity contribution is 5.94. The van der Waals surface area contributed by atoms with Gasteiger partial charge < -0.3 is 15.4 Å². The van der Waals surface area contributed by atoms with Gasteiger partial charge in [0.25, 0.3) is 0 Å². The smallest absolute Gasteiger partial charge is 0.338 e. The third kappa shape index (κ3) is 5.45. The molecule has 2 N–H and O–H groups in total.